The van der Waals surface area contributed by atoms with Gasteiger partial charge in [0, 0.05) is 6.04 Å². The topological polar surface area (TPSA) is 55.1 Å². The Morgan fingerprint density at radius 3 is 2.22 bits per heavy atom. The van der Waals surface area contributed by atoms with Crippen molar-refractivity contribution in [3.63, 3.8) is 0 Å². The standard InChI is InChI=1S/C15H18F3N5/c16-15(17,18)14-21-20-12-8-7-11(22-23(12)14)19-13(9-3-1-4-9)10-5-2-6-10/h7-10,13H,1-6H2,(H,19,22). The third kappa shape index (κ3) is 2.64. The lowest BCUT2D eigenvalue weighted by Crippen LogP contribution is -2.42. The third-order valence-electron chi connectivity index (χ3n) is 5.15. The van der Waals surface area contributed by atoms with Gasteiger partial charge in [-0.2, -0.15) is 17.7 Å². The van der Waals surface area contributed by atoms with Gasteiger partial charge in [-0.05, 0) is 49.7 Å². The summed E-state index contributed by atoms with van der Waals surface area (Å²) in [5, 5.41) is 14.2. The van der Waals surface area contributed by atoms with E-state index in [2.05, 4.69) is 20.6 Å². The highest BCUT2D eigenvalue weighted by Gasteiger charge is 2.38. The van der Waals surface area contributed by atoms with E-state index in [9.17, 15) is 13.2 Å². The highest BCUT2D eigenvalue weighted by atomic mass is 19.4. The Labute approximate surface area is 131 Å². The van der Waals surface area contributed by atoms with E-state index in [1.807, 2.05) is 0 Å². The average molecular weight is 325 g/mol. The molecule has 2 fully saturated rings. The van der Waals surface area contributed by atoms with Crippen LogP contribution in [0.5, 0.6) is 0 Å². The van der Waals surface area contributed by atoms with Gasteiger partial charge in [0.2, 0.25) is 0 Å². The zero-order valence-corrected chi connectivity index (χ0v) is 12.6. The average Bonchev–Trinajstić information content (AvgIpc) is 2.77. The van der Waals surface area contributed by atoms with Gasteiger partial charge in [0.1, 0.15) is 5.82 Å². The first-order chi connectivity index (χ1) is 11.0. The fourth-order valence-corrected chi connectivity index (χ4v) is 3.43. The molecule has 0 unspecified atom stereocenters. The van der Waals surface area contributed by atoms with Gasteiger partial charge >= 0.3 is 6.18 Å². The molecular formula is C15H18F3N5. The van der Waals surface area contributed by atoms with Crippen molar-refractivity contribution in [2.24, 2.45) is 11.8 Å². The summed E-state index contributed by atoms with van der Waals surface area (Å²) in [6.07, 6.45) is 2.69. The molecule has 5 nitrogen and oxygen atoms in total. The zero-order chi connectivity index (χ0) is 16.0. The van der Waals surface area contributed by atoms with Crippen molar-refractivity contribution in [2.45, 2.75) is 50.7 Å². The van der Waals surface area contributed by atoms with Crippen LogP contribution in [-0.2, 0) is 6.18 Å². The van der Waals surface area contributed by atoms with Gasteiger partial charge in [-0.25, -0.2) is 0 Å². The molecule has 2 saturated carbocycles. The van der Waals surface area contributed by atoms with Crippen molar-refractivity contribution in [1.82, 2.24) is 19.8 Å². The minimum atomic E-state index is -4.56. The van der Waals surface area contributed by atoms with E-state index in [1.54, 1.807) is 6.07 Å². The Bertz CT molecular complexity index is 689. The zero-order valence-electron chi connectivity index (χ0n) is 12.6. The van der Waals surface area contributed by atoms with E-state index in [-0.39, 0.29) is 5.65 Å². The Morgan fingerprint density at radius 1 is 1.04 bits per heavy atom. The van der Waals surface area contributed by atoms with Crippen LogP contribution in [0, 0.1) is 11.8 Å². The molecule has 0 bridgehead atoms. The fourth-order valence-electron chi connectivity index (χ4n) is 3.43. The Balaban J connectivity index is 1.62. The van der Waals surface area contributed by atoms with Crippen LogP contribution in [0.15, 0.2) is 12.1 Å². The molecule has 0 atom stereocenters. The molecule has 0 aromatic carbocycles. The first-order valence-corrected chi connectivity index (χ1v) is 8.08. The maximum Gasteiger partial charge on any atom is 0.453 e. The van der Waals surface area contributed by atoms with Crippen molar-refractivity contribution in [2.75, 3.05) is 5.32 Å². The molecule has 2 aliphatic carbocycles. The maximum atomic E-state index is 12.9. The number of nitrogens with zero attached hydrogens (tertiary/aromatic N) is 4. The number of halogens is 3. The second kappa shape index (κ2) is 5.35. The summed E-state index contributed by atoms with van der Waals surface area (Å²) < 4.78 is 39.6. The van der Waals surface area contributed by atoms with Crippen molar-refractivity contribution in [1.29, 1.82) is 0 Å². The Morgan fingerprint density at radius 2 is 1.70 bits per heavy atom. The maximum absolute atomic E-state index is 12.9. The van der Waals surface area contributed by atoms with E-state index in [4.69, 9.17) is 0 Å². The van der Waals surface area contributed by atoms with Crippen molar-refractivity contribution in [3.8, 4) is 0 Å². The molecule has 2 aromatic rings. The van der Waals surface area contributed by atoms with Crippen LogP contribution in [-0.4, -0.2) is 25.9 Å². The van der Waals surface area contributed by atoms with Crippen molar-refractivity contribution in [3.05, 3.63) is 18.0 Å². The second-order valence-electron chi connectivity index (χ2n) is 6.56. The summed E-state index contributed by atoms with van der Waals surface area (Å²) >= 11 is 0. The molecule has 0 aliphatic heterocycles. The van der Waals surface area contributed by atoms with Crippen molar-refractivity contribution >= 4 is 11.5 Å². The third-order valence-corrected chi connectivity index (χ3v) is 5.15. The molecule has 124 valence electrons. The van der Waals surface area contributed by atoms with Crippen molar-refractivity contribution < 1.29 is 13.2 Å². The first-order valence-electron chi connectivity index (χ1n) is 8.08. The highest BCUT2D eigenvalue weighted by Crippen LogP contribution is 2.41. The highest BCUT2D eigenvalue weighted by molar-refractivity contribution is 5.45. The predicted molar refractivity (Wildman–Crippen MR) is 77.9 cm³/mol. The number of hydrogen-bond acceptors (Lipinski definition) is 4. The van der Waals surface area contributed by atoms with Gasteiger partial charge in [0.05, 0.1) is 0 Å². The minimum Gasteiger partial charge on any atom is -0.365 e. The molecule has 4 rings (SSSR count). The normalized spacial score (nSPS) is 19.8. The molecule has 1 N–H and O–H groups in total. The molecule has 2 aromatic heterocycles. The molecule has 2 heterocycles. The molecular weight excluding hydrogens is 307 g/mol. The number of hydrogen-bond donors (Lipinski definition) is 1. The van der Waals surface area contributed by atoms with Crippen LogP contribution in [0.1, 0.15) is 44.3 Å². The van der Waals surface area contributed by atoms with Gasteiger partial charge in [-0.15, -0.1) is 15.3 Å². The monoisotopic (exact) mass is 325 g/mol. The minimum absolute atomic E-state index is 0.103. The lowest BCUT2D eigenvalue weighted by molar-refractivity contribution is -0.146. The largest absolute Gasteiger partial charge is 0.453 e. The SMILES string of the molecule is FC(F)(F)c1nnc2ccc(NC(C3CCC3)C3CCC3)nn12. The van der Waals surface area contributed by atoms with Crippen LogP contribution >= 0.6 is 0 Å². The quantitative estimate of drug-likeness (QED) is 0.934. The number of fused-ring (bicyclic) bond motifs is 1. The number of aromatic nitrogens is 4. The summed E-state index contributed by atoms with van der Waals surface area (Å²) in [6.45, 7) is 0. The lowest BCUT2D eigenvalue weighted by Gasteiger charge is -2.43. The summed E-state index contributed by atoms with van der Waals surface area (Å²) in [4.78, 5) is 0. The van der Waals surface area contributed by atoms with Gasteiger partial charge in [-0.1, -0.05) is 12.8 Å². The molecule has 0 amide bonds. The molecule has 2 aliphatic rings. The summed E-state index contributed by atoms with van der Waals surface area (Å²) in [7, 11) is 0. The van der Waals surface area contributed by atoms with Crippen LogP contribution in [0.2, 0.25) is 0 Å². The summed E-state index contributed by atoms with van der Waals surface area (Å²) in [5.41, 5.74) is 0.103. The summed E-state index contributed by atoms with van der Waals surface area (Å²) in [5.74, 6) is 0.605. The second-order valence-corrected chi connectivity index (χ2v) is 6.56. The smallest absolute Gasteiger partial charge is 0.365 e. The summed E-state index contributed by atoms with van der Waals surface area (Å²) in [6, 6.07) is 3.53. The molecule has 0 saturated heterocycles. The fraction of sp³-hybridized carbons (Fsp3) is 0.667. The van der Waals surface area contributed by atoms with E-state index in [1.165, 1.54) is 44.6 Å². The first kappa shape index (κ1) is 14.7. The van der Waals surface area contributed by atoms with E-state index in [0.717, 1.165) is 4.52 Å². The van der Waals surface area contributed by atoms with Crippen LogP contribution in [0.25, 0.3) is 5.65 Å². The number of nitrogens with one attached hydrogen (secondary N) is 1. The van der Waals surface area contributed by atoms with E-state index < -0.39 is 12.0 Å². The van der Waals surface area contributed by atoms with Gasteiger partial charge in [0.25, 0.3) is 5.82 Å². The number of alkyl halides is 3. The van der Waals surface area contributed by atoms with E-state index >= 15 is 0 Å². The number of anilines is 1. The Kier molecular flexibility index (Phi) is 3.42. The molecule has 0 radical (unpaired) electrons. The predicted octanol–water partition coefficient (Wildman–Crippen LogP) is 3.52. The molecule has 23 heavy (non-hydrogen) atoms. The Hall–Kier alpha value is -1.86. The lowest BCUT2D eigenvalue weighted by atomic mass is 9.68. The van der Waals surface area contributed by atoms with Crippen LogP contribution in [0.3, 0.4) is 0 Å². The molecule has 8 heteroatoms. The number of rotatable bonds is 4. The van der Waals surface area contributed by atoms with Gasteiger partial charge in [0.15, 0.2) is 5.65 Å². The van der Waals surface area contributed by atoms with Gasteiger partial charge < -0.3 is 5.32 Å². The van der Waals surface area contributed by atoms with Gasteiger partial charge in [-0.3, -0.25) is 0 Å². The van der Waals surface area contributed by atoms with Crippen LogP contribution < -0.4 is 5.32 Å². The molecule has 0 spiro atoms. The van der Waals surface area contributed by atoms with Crippen LogP contribution in [0.4, 0.5) is 19.0 Å². The van der Waals surface area contributed by atoms with E-state index in [0.29, 0.717) is 23.7 Å².